The minimum Gasteiger partial charge on any atom is -0.475 e. The highest BCUT2D eigenvalue weighted by Crippen LogP contribution is 2.29. The van der Waals surface area contributed by atoms with Crippen molar-refractivity contribution in [2.75, 3.05) is 0 Å². The molecule has 1 aromatic heterocycles. The van der Waals surface area contributed by atoms with Gasteiger partial charge in [0.1, 0.15) is 6.10 Å². The van der Waals surface area contributed by atoms with Crippen molar-refractivity contribution in [3.63, 3.8) is 0 Å². The Balaban J connectivity index is 2.21. The van der Waals surface area contributed by atoms with Gasteiger partial charge in [-0.1, -0.05) is 26.0 Å². The van der Waals surface area contributed by atoms with Crippen LogP contribution in [0.15, 0.2) is 29.1 Å². The molecule has 1 N–H and O–H groups in total. The lowest BCUT2D eigenvalue weighted by Gasteiger charge is -2.13. The number of benzene rings is 1. The minimum absolute atomic E-state index is 0.109. The van der Waals surface area contributed by atoms with Gasteiger partial charge in [-0.2, -0.15) is 0 Å². The molecular weight excluding hydrogens is 214 g/mol. The Kier molecular flexibility index (Phi) is 2.21. The molecule has 3 nitrogen and oxygen atoms in total. The molecule has 1 aliphatic heterocycles. The van der Waals surface area contributed by atoms with Crippen LogP contribution in [0.4, 0.5) is 0 Å². The second-order valence-electron chi connectivity index (χ2n) is 4.91. The summed E-state index contributed by atoms with van der Waals surface area (Å²) in [6.07, 6.45) is 0.832. The molecule has 88 valence electrons. The van der Waals surface area contributed by atoms with E-state index in [1.54, 1.807) is 0 Å². The molecule has 1 aromatic carbocycles. The van der Waals surface area contributed by atoms with Crippen LogP contribution in [-0.4, -0.2) is 11.1 Å². The molecule has 1 aliphatic rings. The third-order valence-electron chi connectivity index (χ3n) is 3.39. The second kappa shape index (κ2) is 3.62. The number of ether oxygens (including phenoxy) is 1. The lowest BCUT2D eigenvalue weighted by Crippen LogP contribution is -2.20. The topological polar surface area (TPSA) is 42.1 Å². The summed E-state index contributed by atoms with van der Waals surface area (Å²) in [5.41, 5.74) is 1.75. The first-order valence-corrected chi connectivity index (χ1v) is 5.97. The number of pyridine rings is 1. The van der Waals surface area contributed by atoms with E-state index in [9.17, 15) is 4.79 Å². The number of aromatic amines is 1. The first-order chi connectivity index (χ1) is 8.16. The Labute approximate surface area is 99.4 Å². The molecule has 0 aliphatic carbocycles. The first-order valence-electron chi connectivity index (χ1n) is 5.97. The second-order valence-corrected chi connectivity index (χ2v) is 4.91. The number of rotatable bonds is 1. The predicted molar refractivity (Wildman–Crippen MR) is 67.5 cm³/mol. The number of H-pyrrole nitrogens is 1. The maximum Gasteiger partial charge on any atom is 0.198 e. The highest BCUT2D eigenvalue weighted by atomic mass is 16.5. The van der Waals surface area contributed by atoms with Crippen molar-refractivity contribution in [2.45, 2.75) is 26.4 Å². The summed E-state index contributed by atoms with van der Waals surface area (Å²) in [7, 11) is 0. The van der Waals surface area contributed by atoms with Crippen LogP contribution >= 0.6 is 0 Å². The summed E-state index contributed by atoms with van der Waals surface area (Å²) in [6, 6.07) is 7.57. The summed E-state index contributed by atoms with van der Waals surface area (Å²) < 4.78 is 5.80. The molecule has 3 rings (SSSR count). The Morgan fingerprint density at radius 1 is 1.35 bits per heavy atom. The van der Waals surface area contributed by atoms with Crippen molar-refractivity contribution in [3.05, 3.63) is 40.1 Å². The fourth-order valence-electron chi connectivity index (χ4n) is 2.31. The number of para-hydroxylation sites is 1. The molecule has 0 bridgehead atoms. The van der Waals surface area contributed by atoms with Gasteiger partial charge in [-0.25, -0.2) is 0 Å². The first kappa shape index (κ1) is 10.4. The van der Waals surface area contributed by atoms with E-state index in [2.05, 4.69) is 18.8 Å². The van der Waals surface area contributed by atoms with Crippen molar-refractivity contribution in [2.24, 2.45) is 5.92 Å². The molecule has 0 amide bonds. The van der Waals surface area contributed by atoms with Gasteiger partial charge in [0.15, 0.2) is 11.3 Å². The largest absolute Gasteiger partial charge is 0.475 e. The van der Waals surface area contributed by atoms with Gasteiger partial charge in [0, 0.05) is 11.8 Å². The SMILES string of the molecule is CC(C)C1Cc2c([nH]c3ccccc3c2=O)O1. The summed E-state index contributed by atoms with van der Waals surface area (Å²) in [5.74, 6) is 1.07. The predicted octanol–water partition coefficient (Wildman–Crippen LogP) is 2.49. The highest BCUT2D eigenvalue weighted by molar-refractivity contribution is 5.80. The van der Waals surface area contributed by atoms with E-state index < -0.39 is 0 Å². The van der Waals surface area contributed by atoms with Crippen LogP contribution in [-0.2, 0) is 6.42 Å². The zero-order valence-corrected chi connectivity index (χ0v) is 9.99. The average Bonchev–Trinajstić information content (AvgIpc) is 2.74. The lowest BCUT2D eigenvalue weighted by molar-refractivity contribution is 0.173. The lowest BCUT2D eigenvalue weighted by atomic mass is 10.0. The van der Waals surface area contributed by atoms with E-state index in [1.165, 1.54) is 0 Å². The number of hydrogen-bond donors (Lipinski definition) is 1. The molecule has 0 saturated carbocycles. The molecule has 1 atom stereocenters. The fourth-order valence-corrected chi connectivity index (χ4v) is 2.31. The van der Waals surface area contributed by atoms with E-state index >= 15 is 0 Å². The summed E-state index contributed by atoms with van der Waals surface area (Å²) in [6.45, 7) is 4.22. The Hall–Kier alpha value is -1.77. The van der Waals surface area contributed by atoms with E-state index in [1.807, 2.05) is 24.3 Å². The van der Waals surface area contributed by atoms with Gasteiger partial charge >= 0.3 is 0 Å². The Morgan fingerprint density at radius 3 is 2.88 bits per heavy atom. The molecule has 2 aromatic rings. The fraction of sp³-hybridized carbons (Fsp3) is 0.357. The zero-order chi connectivity index (χ0) is 12.0. The number of aromatic nitrogens is 1. The van der Waals surface area contributed by atoms with Crippen LogP contribution in [0.25, 0.3) is 10.9 Å². The van der Waals surface area contributed by atoms with Crippen molar-refractivity contribution < 1.29 is 4.74 Å². The van der Waals surface area contributed by atoms with Crippen molar-refractivity contribution in [1.29, 1.82) is 0 Å². The van der Waals surface area contributed by atoms with Gasteiger partial charge < -0.3 is 9.72 Å². The van der Waals surface area contributed by atoms with Crippen LogP contribution in [0.5, 0.6) is 5.88 Å². The van der Waals surface area contributed by atoms with Crippen LogP contribution in [0.2, 0.25) is 0 Å². The maximum atomic E-state index is 12.3. The number of hydrogen-bond acceptors (Lipinski definition) is 2. The molecule has 0 saturated heterocycles. The van der Waals surface area contributed by atoms with Gasteiger partial charge in [-0.3, -0.25) is 4.79 Å². The molecule has 2 heterocycles. The van der Waals surface area contributed by atoms with E-state index in [-0.39, 0.29) is 11.5 Å². The number of fused-ring (bicyclic) bond motifs is 2. The molecule has 1 unspecified atom stereocenters. The zero-order valence-electron chi connectivity index (χ0n) is 9.99. The van der Waals surface area contributed by atoms with Gasteiger partial charge in [-0.05, 0) is 18.1 Å². The van der Waals surface area contributed by atoms with Gasteiger partial charge in [-0.15, -0.1) is 0 Å². The average molecular weight is 229 g/mol. The summed E-state index contributed by atoms with van der Waals surface area (Å²) in [4.78, 5) is 15.5. The van der Waals surface area contributed by atoms with Gasteiger partial charge in [0.05, 0.1) is 11.1 Å². The third kappa shape index (κ3) is 1.54. The van der Waals surface area contributed by atoms with Crippen molar-refractivity contribution in [3.8, 4) is 5.88 Å². The van der Waals surface area contributed by atoms with Crippen molar-refractivity contribution in [1.82, 2.24) is 4.98 Å². The van der Waals surface area contributed by atoms with Gasteiger partial charge in [0.25, 0.3) is 0 Å². The Morgan fingerprint density at radius 2 is 2.12 bits per heavy atom. The van der Waals surface area contributed by atoms with E-state index in [0.29, 0.717) is 18.2 Å². The third-order valence-corrected chi connectivity index (χ3v) is 3.39. The van der Waals surface area contributed by atoms with Crippen LogP contribution in [0.3, 0.4) is 0 Å². The van der Waals surface area contributed by atoms with Gasteiger partial charge in [0.2, 0.25) is 0 Å². The van der Waals surface area contributed by atoms with Crippen LogP contribution in [0.1, 0.15) is 19.4 Å². The molecular formula is C14H15NO2. The molecule has 0 radical (unpaired) electrons. The molecule has 0 fully saturated rings. The molecule has 3 heteroatoms. The molecule has 0 spiro atoms. The van der Waals surface area contributed by atoms with E-state index in [4.69, 9.17) is 4.74 Å². The molecule has 17 heavy (non-hydrogen) atoms. The van der Waals surface area contributed by atoms with Crippen molar-refractivity contribution >= 4 is 10.9 Å². The monoisotopic (exact) mass is 229 g/mol. The maximum absolute atomic E-state index is 12.3. The highest BCUT2D eigenvalue weighted by Gasteiger charge is 2.28. The standard InChI is InChI=1S/C14H15NO2/c1-8(2)12-7-10-13(16)9-5-3-4-6-11(9)15-14(10)17-12/h3-6,8,12H,7H2,1-2H3,(H,15,16). The van der Waals surface area contributed by atoms with E-state index in [0.717, 1.165) is 16.5 Å². The normalized spacial score (nSPS) is 18.4. The quantitative estimate of drug-likeness (QED) is 0.816. The number of nitrogens with one attached hydrogen (secondary N) is 1. The smallest absolute Gasteiger partial charge is 0.198 e. The Bertz CT molecular complexity index is 628. The summed E-state index contributed by atoms with van der Waals surface area (Å²) >= 11 is 0. The summed E-state index contributed by atoms with van der Waals surface area (Å²) in [5, 5.41) is 0.749. The van der Waals surface area contributed by atoms with Crippen LogP contribution in [0, 0.1) is 5.92 Å². The van der Waals surface area contributed by atoms with Crippen LogP contribution < -0.4 is 10.2 Å². The minimum atomic E-state index is 0.109.